The third-order valence-electron chi connectivity index (χ3n) is 3.93. The number of nitrogens with zero attached hydrogens (tertiary/aromatic N) is 3. The van der Waals surface area contributed by atoms with Crippen LogP contribution in [-0.4, -0.2) is 38.6 Å². The molecule has 142 valence electrons. The highest BCUT2D eigenvalue weighted by Crippen LogP contribution is 2.24. The summed E-state index contributed by atoms with van der Waals surface area (Å²) in [6, 6.07) is 8.02. The summed E-state index contributed by atoms with van der Waals surface area (Å²) in [5, 5.41) is 11.2. The van der Waals surface area contributed by atoms with Gasteiger partial charge in [0.25, 0.3) is 0 Å². The summed E-state index contributed by atoms with van der Waals surface area (Å²) >= 11 is 1.38. The molecule has 0 saturated carbocycles. The van der Waals surface area contributed by atoms with Crippen LogP contribution < -0.4 is 10.1 Å². The molecule has 0 radical (unpaired) electrons. The summed E-state index contributed by atoms with van der Waals surface area (Å²) in [5.41, 5.74) is 1.39. The van der Waals surface area contributed by atoms with E-state index >= 15 is 0 Å². The van der Waals surface area contributed by atoms with E-state index in [0.29, 0.717) is 6.61 Å². The lowest BCUT2D eigenvalue weighted by Crippen LogP contribution is -2.40. The van der Waals surface area contributed by atoms with E-state index in [1.54, 1.807) is 10.9 Å². The van der Waals surface area contributed by atoms with E-state index in [0.717, 1.165) is 10.9 Å². The Labute approximate surface area is 159 Å². The van der Waals surface area contributed by atoms with Crippen LogP contribution in [0.15, 0.2) is 35.7 Å². The molecular weight excluding hydrogens is 348 g/mol. The van der Waals surface area contributed by atoms with Crippen molar-refractivity contribution in [1.29, 1.82) is 0 Å². The van der Waals surface area contributed by atoms with E-state index in [-0.39, 0.29) is 22.6 Å². The predicted molar refractivity (Wildman–Crippen MR) is 105 cm³/mol. The van der Waals surface area contributed by atoms with Crippen molar-refractivity contribution < 1.29 is 9.53 Å². The first-order valence-electron chi connectivity index (χ1n) is 8.71. The van der Waals surface area contributed by atoms with Gasteiger partial charge in [-0.15, -0.1) is 10.2 Å². The van der Waals surface area contributed by atoms with Gasteiger partial charge in [0, 0.05) is 7.05 Å². The Balaban J connectivity index is 1.79. The Kier molecular flexibility index (Phi) is 6.69. The second kappa shape index (κ2) is 8.58. The van der Waals surface area contributed by atoms with Gasteiger partial charge in [-0.05, 0) is 37.0 Å². The Morgan fingerprint density at radius 1 is 1.27 bits per heavy atom. The van der Waals surface area contributed by atoms with Crippen LogP contribution in [0.4, 0.5) is 0 Å². The normalized spacial score (nSPS) is 13.9. The first kappa shape index (κ1) is 20.3. The molecule has 0 fully saturated rings. The number of aromatic nitrogens is 3. The van der Waals surface area contributed by atoms with Crippen molar-refractivity contribution in [2.75, 3.05) is 6.61 Å². The lowest BCUT2D eigenvalue weighted by molar-refractivity contribution is -0.121. The quantitative estimate of drug-likeness (QED) is 0.752. The van der Waals surface area contributed by atoms with Gasteiger partial charge in [-0.3, -0.25) is 4.79 Å². The van der Waals surface area contributed by atoms with E-state index < -0.39 is 0 Å². The molecule has 26 heavy (non-hydrogen) atoms. The van der Waals surface area contributed by atoms with Crippen molar-refractivity contribution in [2.45, 2.75) is 56.5 Å². The molecule has 1 aromatic carbocycles. The molecule has 2 rings (SSSR count). The molecule has 0 saturated heterocycles. The number of rotatable bonds is 7. The van der Waals surface area contributed by atoms with Crippen molar-refractivity contribution in [3.63, 3.8) is 0 Å². The summed E-state index contributed by atoms with van der Waals surface area (Å²) in [4.78, 5) is 12.3. The number of benzene rings is 1. The Morgan fingerprint density at radius 3 is 2.46 bits per heavy atom. The molecule has 1 aromatic heterocycles. The molecule has 1 N–H and O–H groups in total. The number of nitrogens with one attached hydrogen (secondary N) is 1. The Morgan fingerprint density at radius 2 is 1.92 bits per heavy atom. The molecule has 2 atom stereocenters. The number of ether oxygens (including phenoxy) is 1. The number of hydrogen-bond acceptors (Lipinski definition) is 5. The Hall–Kier alpha value is -2.02. The molecule has 0 aliphatic rings. The van der Waals surface area contributed by atoms with Crippen molar-refractivity contribution in [1.82, 2.24) is 20.1 Å². The monoisotopic (exact) mass is 376 g/mol. The van der Waals surface area contributed by atoms with Crippen molar-refractivity contribution in [3.8, 4) is 5.75 Å². The van der Waals surface area contributed by atoms with Gasteiger partial charge in [-0.2, -0.15) is 0 Å². The van der Waals surface area contributed by atoms with Crippen LogP contribution in [0.2, 0.25) is 0 Å². The summed E-state index contributed by atoms with van der Waals surface area (Å²) < 4.78 is 7.59. The number of amides is 1. The van der Waals surface area contributed by atoms with Crippen LogP contribution in [-0.2, 0) is 17.3 Å². The minimum absolute atomic E-state index is 0.0443. The minimum Gasteiger partial charge on any atom is -0.491 e. The van der Waals surface area contributed by atoms with Gasteiger partial charge < -0.3 is 14.6 Å². The third kappa shape index (κ3) is 5.76. The average Bonchev–Trinajstić information content (AvgIpc) is 2.97. The predicted octanol–water partition coefficient (Wildman–Crippen LogP) is 3.18. The molecule has 2 unspecified atom stereocenters. The van der Waals surface area contributed by atoms with E-state index in [1.165, 1.54) is 17.3 Å². The fourth-order valence-corrected chi connectivity index (χ4v) is 3.06. The molecule has 0 bridgehead atoms. The average molecular weight is 377 g/mol. The molecule has 0 aliphatic heterocycles. The molecule has 0 aliphatic carbocycles. The van der Waals surface area contributed by atoms with Gasteiger partial charge in [0.05, 0.1) is 11.3 Å². The van der Waals surface area contributed by atoms with Crippen LogP contribution in [0.3, 0.4) is 0 Å². The van der Waals surface area contributed by atoms with E-state index in [2.05, 4.69) is 48.4 Å². The molecule has 6 nitrogen and oxygen atoms in total. The maximum atomic E-state index is 12.3. The fraction of sp³-hybridized carbons (Fsp3) is 0.526. The molecule has 1 heterocycles. The van der Waals surface area contributed by atoms with Crippen molar-refractivity contribution in [2.24, 2.45) is 7.05 Å². The maximum Gasteiger partial charge on any atom is 0.233 e. The highest BCUT2D eigenvalue weighted by molar-refractivity contribution is 8.00. The second-order valence-corrected chi connectivity index (χ2v) is 8.79. The van der Waals surface area contributed by atoms with E-state index in [9.17, 15) is 4.79 Å². The highest BCUT2D eigenvalue weighted by atomic mass is 32.2. The topological polar surface area (TPSA) is 69.0 Å². The molecule has 1 amide bonds. The van der Waals surface area contributed by atoms with Gasteiger partial charge in [-0.25, -0.2) is 0 Å². The van der Waals surface area contributed by atoms with Crippen LogP contribution in [0.5, 0.6) is 5.75 Å². The zero-order chi connectivity index (χ0) is 19.3. The largest absolute Gasteiger partial charge is 0.491 e. The lowest BCUT2D eigenvalue weighted by atomic mass is 9.87. The molecular formula is C19H28N4O2S. The summed E-state index contributed by atoms with van der Waals surface area (Å²) in [6.07, 6.45) is 1.62. The minimum atomic E-state index is -0.258. The number of thioether (sulfide) groups is 1. The number of carbonyl (C=O) groups excluding carboxylic acids is 1. The smallest absolute Gasteiger partial charge is 0.233 e. The van der Waals surface area contributed by atoms with Crippen LogP contribution in [0.25, 0.3) is 0 Å². The summed E-state index contributed by atoms with van der Waals surface area (Å²) in [6.45, 7) is 10.7. The van der Waals surface area contributed by atoms with E-state index in [1.807, 2.05) is 33.0 Å². The first-order valence-corrected chi connectivity index (χ1v) is 9.59. The lowest BCUT2D eigenvalue weighted by Gasteiger charge is -2.20. The van der Waals surface area contributed by atoms with Crippen LogP contribution >= 0.6 is 11.8 Å². The SMILES string of the molecule is CC(COc1ccc(C(C)(C)C)cc1)NC(=O)C(C)Sc1nncn1C. The first-order chi connectivity index (χ1) is 12.2. The Bertz CT molecular complexity index is 722. The number of aryl methyl sites for hydroxylation is 1. The van der Waals surface area contributed by atoms with Crippen LogP contribution in [0, 0.1) is 0 Å². The van der Waals surface area contributed by atoms with Gasteiger partial charge in [-0.1, -0.05) is 44.7 Å². The maximum absolute atomic E-state index is 12.3. The molecule has 2 aromatic rings. The second-order valence-electron chi connectivity index (χ2n) is 7.48. The zero-order valence-corrected chi connectivity index (χ0v) is 17.1. The molecule has 0 spiro atoms. The summed E-state index contributed by atoms with van der Waals surface area (Å²) in [7, 11) is 1.86. The van der Waals surface area contributed by atoms with Gasteiger partial charge in [0.1, 0.15) is 18.7 Å². The van der Waals surface area contributed by atoms with Crippen molar-refractivity contribution in [3.05, 3.63) is 36.2 Å². The number of carbonyl (C=O) groups is 1. The van der Waals surface area contributed by atoms with Crippen molar-refractivity contribution >= 4 is 17.7 Å². The van der Waals surface area contributed by atoms with Crippen LogP contribution in [0.1, 0.15) is 40.2 Å². The van der Waals surface area contributed by atoms with Gasteiger partial charge >= 0.3 is 0 Å². The summed E-state index contributed by atoms with van der Waals surface area (Å²) in [5.74, 6) is 0.762. The highest BCUT2D eigenvalue weighted by Gasteiger charge is 2.19. The standard InChI is InChI=1S/C19H28N4O2S/c1-13(11-25-16-9-7-15(8-10-16)19(3,4)5)21-17(24)14(2)26-18-22-20-12-23(18)6/h7-10,12-14H,11H2,1-6H3,(H,21,24). The fourth-order valence-electron chi connectivity index (χ4n) is 2.27. The number of hydrogen-bond donors (Lipinski definition) is 1. The third-order valence-corrected chi connectivity index (χ3v) is 5.08. The zero-order valence-electron chi connectivity index (χ0n) is 16.3. The van der Waals surface area contributed by atoms with Gasteiger partial charge in [0.2, 0.25) is 5.91 Å². The molecule has 7 heteroatoms. The van der Waals surface area contributed by atoms with Gasteiger partial charge in [0.15, 0.2) is 5.16 Å². The van der Waals surface area contributed by atoms with E-state index in [4.69, 9.17) is 4.74 Å².